The van der Waals surface area contributed by atoms with Gasteiger partial charge >= 0.3 is 0 Å². The number of ether oxygens (including phenoxy) is 1. The van der Waals surface area contributed by atoms with Crippen molar-refractivity contribution < 1.29 is 18.7 Å². The highest BCUT2D eigenvalue weighted by atomic mass is 35.5. The second kappa shape index (κ2) is 9.83. The molecule has 1 aromatic heterocycles. The van der Waals surface area contributed by atoms with Crippen molar-refractivity contribution in [2.75, 3.05) is 25.6 Å². The van der Waals surface area contributed by atoms with Gasteiger partial charge in [0.1, 0.15) is 23.1 Å². The average Bonchev–Trinajstić information content (AvgIpc) is 3.23. The number of nitrogens with zero attached hydrogens (tertiary/aromatic N) is 2. The topological polar surface area (TPSA) is 83.6 Å². The van der Waals surface area contributed by atoms with Crippen LogP contribution < -0.4 is 10.6 Å². The number of amides is 2. The summed E-state index contributed by atoms with van der Waals surface area (Å²) >= 11 is 5.96. The van der Waals surface area contributed by atoms with Gasteiger partial charge < -0.3 is 20.3 Å². The van der Waals surface area contributed by atoms with E-state index in [-0.39, 0.29) is 30.1 Å². The Morgan fingerprint density at radius 2 is 2.03 bits per heavy atom. The van der Waals surface area contributed by atoms with Crippen LogP contribution in [0.15, 0.2) is 36.5 Å². The van der Waals surface area contributed by atoms with Gasteiger partial charge in [-0.05, 0) is 42.2 Å². The van der Waals surface area contributed by atoms with Crippen LogP contribution in [0.2, 0.25) is 5.15 Å². The number of carbonyl (C=O) groups excluding carboxylic acids is 2. The third kappa shape index (κ3) is 5.19. The molecule has 1 saturated heterocycles. The van der Waals surface area contributed by atoms with Crippen LogP contribution in [0.4, 0.5) is 10.1 Å². The third-order valence-electron chi connectivity index (χ3n) is 6.08. The number of aromatic nitrogens is 1. The van der Waals surface area contributed by atoms with Gasteiger partial charge in [-0.2, -0.15) is 0 Å². The second-order valence-electron chi connectivity index (χ2n) is 8.25. The number of hydrogen-bond acceptors (Lipinski definition) is 5. The van der Waals surface area contributed by atoms with Crippen molar-refractivity contribution >= 4 is 29.1 Å². The summed E-state index contributed by atoms with van der Waals surface area (Å²) in [4.78, 5) is 32.2. The minimum absolute atomic E-state index is 0.0611. The lowest BCUT2D eigenvalue weighted by molar-refractivity contribution is -0.138. The molecule has 2 atom stereocenters. The monoisotopic (exact) mass is 460 g/mol. The summed E-state index contributed by atoms with van der Waals surface area (Å²) in [5.41, 5.74) is 2.44. The highest BCUT2D eigenvalue weighted by Gasteiger charge is 2.33. The fraction of sp³-hybridized carbons (Fsp3) is 0.435. The van der Waals surface area contributed by atoms with Crippen LogP contribution in [0.1, 0.15) is 24.0 Å². The molecule has 2 aromatic rings. The Balaban J connectivity index is 1.48. The van der Waals surface area contributed by atoms with Crippen molar-refractivity contribution in [3.63, 3.8) is 0 Å². The highest BCUT2D eigenvalue weighted by molar-refractivity contribution is 6.29. The van der Waals surface area contributed by atoms with E-state index in [0.29, 0.717) is 24.8 Å². The SMILES string of the molecule is CN(C(=O)[C@H](Cc1ccc(F)cc1)NC(=O)C1Cc2cc(Cl)ncc2N1)C1CCOCC1. The van der Waals surface area contributed by atoms with Gasteiger partial charge in [0.15, 0.2) is 0 Å². The average molecular weight is 461 g/mol. The Bertz CT molecular complexity index is 982. The van der Waals surface area contributed by atoms with E-state index in [1.807, 2.05) is 0 Å². The van der Waals surface area contributed by atoms with E-state index in [0.717, 1.165) is 29.7 Å². The summed E-state index contributed by atoms with van der Waals surface area (Å²) in [5.74, 6) is -0.798. The molecule has 0 spiro atoms. The molecule has 2 amide bonds. The molecular formula is C23H26ClFN4O3. The fourth-order valence-electron chi connectivity index (χ4n) is 4.21. The Hall–Kier alpha value is -2.71. The molecule has 0 bridgehead atoms. The van der Waals surface area contributed by atoms with Gasteiger partial charge in [0, 0.05) is 39.1 Å². The molecule has 2 aliphatic heterocycles. The first kappa shape index (κ1) is 22.5. The number of likely N-dealkylation sites (N-methyl/N-ethyl adjacent to an activating group) is 1. The number of halogens is 2. The standard InChI is InChI=1S/C23H26ClFN4O3/c1-29(17-6-8-32-9-7-17)23(31)19(10-14-2-4-16(25)5-3-14)28-22(30)18-11-15-12-21(24)26-13-20(15)27-18/h2-5,12-13,17-19,27H,6-11H2,1H3,(H,28,30)/t18?,19-/m0/s1. The van der Waals surface area contributed by atoms with Crippen LogP contribution in [0.3, 0.4) is 0 Å². The van der Waals surface area contributed by atoms with Crippen molar-refractivity contribution in [3.8, 4) is 0 Å². The predicted molar refractivity (Wildman–Crippen MR) is 119 cm³/mol. The zero-order chi connectivity index (χ0) is 22.7. The van der Waals surface area contributed by atoms with E-state index >= 15 is 0 Å². The molecule has 1 unspecified atom stereocenters. The molecule has 0 radical (unpaired) electrons. The number of carbonyl (C=O) groups is 2. The van der Waals surface area contributed by atoms with E-state index in [9.17, 15) is 14.0 Å². The van der Waals surface area contributed by atoms with Gasteiger partial charge in [0.05, 0.1) is 11.9 Å². The molecule has 9 heteroatoms. The summed E-state index contributed by atoms with van der Waals surface area (Å²) < 4.78 is 18.7. The maximum absolute atomic E-state index is 13.4. The molecule has 32 heavy (non-hydrogen) atoms. The molecule has 0 aliphatic carbocycles. The predicted octanol–water partition coefficient (Wildman–Crippen LogP) is 2.58. The summed E-state index contributed by atoms with van der Waals surface area (Å²) in [6.07, 6.45) is 3.84. The van der Waals surface area contributed by atoms with E-state index < -0.39 is 12.1 Å². The molecule has 1 aromatic carbocycles. The minimum atomic E-state index is -0.770. The molecule has 7 nitrogen and oxygen atoms in total. The Labute approximate surface area is 191 Å². The second-order valence-corrected chi connectivity index (χ2v) is 8.64. The maximum Gasteiger partial charge on any atom is 0.245 e. The van der Waals surface area contributed by atoms with Gasteiger partial charge in [-0.25, -0.2) is 9.37 Å². The molecular weight excluding hydrogens is 435 g/mol. The molecule has 170 valence electrons. The number of nitrogens with one attached hydrogen (secondary N) is 2. The number of pyridine rings is 1. The van der Waals surface area contributed by atoms with Gasteiger partial charge in [-0.1, -0.05) is 23.7 Å². The summed E-state index contributed by atoms with van der Waals surface area (Å²) in [6, 6.07) is 6.47. The normalized spacial score (nSPS) is 19.0. The lowest BCUT2D eigenvalue weighted by atomic mass is 10.0. The number of benzene rings is 1. The zero-order valence-corrected chi connectivity index (χ0v) is 18.6. The summed E-state index contributed by atoms with van der Waals surface area (Å²) in [7, 11) is 1.76. The highest BCUT2D eigenvalue weighted by Crippen LogP contribution is 2.27. The van der Waals surface area contributed by atoms with Crippen molar-refractivity contribution in [2.45, 2.75) is 43.8 Å². The number of anilines is 1. The Morgan fingerprint density at radius 3 is 2.75 bits per heavy atom. The lowest BCUT2D eigenvalue weighted by Gasteiger charge is -2.34. The van der Waals surface area contributed by atoms with Gasteiger partial charge in [-0.3, -0.25) is 9.59 Å². The van der Waals surface area contributed by atoms with Crippen molar-refractivity contribution in [1.82, 2.24) is 15.2 Å². The molecule has 4 rings (SSSR count). The van der Waals surface area contributed by atoms with E-state index in [1.165, 1.54) is 12.1 Å². The van der Waals surface area contributed by atoms with Crippen LogP contribution in [-0.4, -0.2) is 60.1 Å². The summed E-state index contributed by atoms with van der Waals surface area (Å²) in [6.45, 7) is 1.22. The smallest absolute Gasteiger partial charge is 0.245 e. The van der Waals surface area contributed by atoms with E-state index in [4.69, 9.17) is 16.3 Å². The van der Waals surface area contributed by atoms with Crippen LogP contribution in [0.25, 0.3) is 0 Å². The van der Waals surface area contributed by atoms with Crippen LogP contribution >= 0.6 is 11.6 Å². The summed E-state index contributed by atoms with van der Waals surface area (Å²) in [5, 5.41) is 6.44. The molecule has 1 fully saturated rings. The van der Waals surface area contributed by atoms with E-state index in [1.54, 1.807) is 36.3 Å². The van der Waals surface area contributed by atoms with Crippen molar-refractivity contribution in [3.05, 3.63) is 58.6 Å². The zero-order valence-electron chi connectivity index (χ0n) is 17.8. The van der Waals surface area contributed by atoms with E-state index in [2.05, 4.69) is 15.6 Å². The number of rotatable bonds is 6. The van der Waals surface area contributed by atoms with Crippen LogP contribution in [0, 0.1) is 5.82 Å². The van der Waals surface area contributed by atoms with Gasteiger partial charge in [0.2, 0.25) is 11.8 Å². The van der Waals surface area contributed by atoms with Crippen LogP contribution in [-0.2, 0) is 27.2 Å². The van der Waals surface area contributed by atoms with Crippen molar-refractivity contribution in [1.29, 1.82) is 0 Å². The molecule has 0 saturated carbocycles. The Kier molecular flexibility index (Phi) is 6.91. The first-order valence-corrected chi connectivity index (χ1v) is 11.1. The first-order chi connectivity index (χ1) is 15.4. The molecule has 3 heterocycles. The quantitative estimate of drug-likeness (QED) is 0.647. The maximum atomic E-state index is 13.4. The van der Waals surface area contributed by atoms with Gasteiger partial charge in [0.25, 0.3) is 0 Å². The minimum Gasteiger partial charge on any atom is -0.381 e. The third-order valence-corrected chi connectivity index (χ3v) is 6.29. The molecule has 2 N–H and O–H groups in total. The van der Waals surface area contributed by atoms with Gasteiger partial charge in [-0.15, -0.1) is 0 Å². The lowest BCUT2D eigenvalue weighted by Crippen LogP contribution is -2.54. The number of fused-ring (bicyclic) bond motifs is 1. The fourth-order valence-corrected chi connectivity index (χ4v) is 4.39. The number of hydrogen-bond donors (Lipinski definition) is 2. The van der Waals surface area contributed by atoms with Crippen molar-refractivity contribution in [2.24, 2.45) is 0 Å². The largest absolute Gasteiger partial charge is 0.381 e. The Morgan fingerprint density at radius 1 is 1.31 bits per heavy atom. The first-order valence-electron chi connectivity index (χ1n) is 10.7. The molecule has 2 aliphatic rings. The van der Waals surface area contributed by atoms with Crippen LogP contribution in [0.5, 0.6) is 0 Å².